The van der Waals surface area contributed by atoms with Crippen molar-refractivity contribution in [1.29, 1.82) is 0 Å². The Labute approximate surface area is 99.0 Å². The lowest BCUT2D eigenvalue weighted by atomic mass is 9.91. The van der Waals surface area contributed by atoms with Gasteiger partial charge in [0.25, 0.3) is 0 Å². The highest BCUT2D eigenvalue weighted by atomic mass is 15.0. The summed E-state index contributed by atoms with van der Waals surface area (Å²) in [6.07, 6.45) is 11.2. The van der Waals surface area contributed by atoms with Gasteiger partial charge in [-0.2, -0.15) is 0 Å². The molecular weight excluding hydrogens is 196 g/mol. The van der Waals surface area contributed by atoms with E-state index in [0.29, 0.717) is 6.04 Å². The van der Waals surface area contributed by atoms with Gasteiger partial charge < -0.3 is 9.88 Å². The first-order valence-corrected chi connectivity index (χ1v) is 6.77. The van der Waals surface area contributed by atoms with E-state index in [9.17, 15) is 0 Å². The average Bonchev–Trinajstić information content (AvgIpc) is 2.70. The van der Waals surface area contributed by atoms with Crippen LogP contribution < -0.4 is 5.32 Å². The van der Waals surface area contributed by atoms with Crippen molar-refractivity contribution in [3.63, 3.8) is 0 Å². The molecule has 1 atom stereocenters. The highest BCUT2D eigenvalue weighted by molar-refractivity contribution is 5.30. The van der Waals surface area contributed by atoms with Gasteiger partial charge in [0, 0.05) is 25.0 Å². The SMILES string of the molecule is CCCCn1cc2c(c1)C(NCC)CCC2. The third kappa shape index (κ3) is 2.49. The van der Waals surface area contributed by atoms with Gasteiger partial charge in [0.05, 0.1) is 0 Å². The number of hydrogen-bond donors (Lipinski definition) is 1. The minimum atomic E-state index is 0.608. The van der Waals surface area contributed by atoms with Crippen molar-refractivity contribution in [2.45, 2.75) is 58.5 Å². The highest BCUT2D eigenvalue weighted by Gasteiger charge is 2.20. The molecule has 0 saturated carbocycles. The second kappa shape index (κ2) is 5.53. The molecule has 1 heterocycles. The average molecular weight is 220 g/mol. The Balaban J connectivity index is 2.10. The maximum Gasteiger partial charge on any atom is 0.0338 e. The number of nitrogens with zero attached hydrogens (tertiary/aromatic N) is 1. The Morgan fingerprint density at radius 1 is 1.38 bits per heavy atom. The largest absolute Gasteiger partial charge is 0.354 e. The van der Waals surface area contributed by atoms with E-state index in [0.717, 1.165) is 6.54 Å². The van der Waals surface area contributed by atoms with E-state index in [-0.39, 0.29) is 0 Å². The molecule has 2 rings (SSSR count). The first-order valence-electron chi connectivity index (χ1n) is 6.77. The van der Waals surface area contributed by atoms with Crippen LogP contribution in [-0.2, 0) is 13.0 Å². The molecule has 1 aromatic rings. The second-order valence-electron chi connectivity index (χ2n) is 4.83. The van der Waals surface area contributed by atoms with Crippen molar-refractivity contribution >= 4 is 0 Å². The summed E-state index contributed by atoms with van der Waals surface area (Å²) in [5.41, 5.74) is 3.14. The molecule has 0 bridgehead atoms. The van der Waals surface area contributed by atoms with Gasteiger partial charge in [-0.1, -0.05) is 20.3 Å². The molecule has 90 valence electrons. The maximum atomic E-state index is 3.60. The van der Waals surface area contributed by atoms with E-state index in [1.807, 2.05) is 0 Å². The van der Waals surface area contributed by atoms with Crippen molar-refractivity contribution < 1.29 is 0 Å². The molecule has 1 aliphatic carbocycles. The van der Waals surface area contributed by atoms with Crippen LogP contribution in [0.4, 0.5) is 0 Å². The van der Waals surface area contributed by atoms with Gasteiger partial charge in [-0.05, 0) is 43.4 Å². The van der Waals surface area contributed by atoms with Gasteiger partial charge in [0.15, 0.2) is 0 Å². The number of aromatic nitrogens is 1. The molecule has 2 nitrogen and oxygen atoms in total. The van der Waals surface area contributed by atoms with Crippen LogP contribution in [0.5, 0.6) is 0 Å². The zero-order valence-electron chi connectivity index (χ0n) is 10.6. The van der Waals surface area contributed by atoms with Crippen molar-refractivity contribution in [2.75, 3.05) is 6.54 Å². The monoisotopic (exact) mass is 220 g/mol. The number of aryl methyl sites for hydroxylation is 2. The van der Waals surface area contributed by atoms with Gasteiger partial charge in [0.1, 0.15) is 0 Å². The molecule has 1 aromatic heterocycles. The lowest BCUT2D eigenvalue weighted by molar-refractivity contribution is 0.473. The molecule has 1 aliphatic rings. The van der Waals surface area contributed by atoms with Crippen LogP contribution in [0.3, 0.4) is 0 Å². The van der Waals surface area contributed by atoms with E-state index in [4.69, 9.17) is 0 Å². The topological polar surface area (TPSA) is 17.0 Å². The molecule has 16 heavy (non-hydrogen) atoms. The molecule has 0 aromatic carbocycles. The smallest absolute Gasteiger partial charge is 0.0338 e. The summed E-state index contributed by atoms with van der Waals surface area (Å²) in [7, 11) is 0. The minimum Gasteiger partial charge on any atom is -0.354 e. The van der Waals surface area contributed by atoms with Gasteiger partial charge in [-0.15, -0.1) is 0 Å². The van der Waals surface area contributed by atoms with Crippen molar-refractivity contribution in [3.8, 4) is 0 Å². The van der Waals surface area contributed by atoms with E-state index in [1.54, 1.807) is 11.1 Å². The fourth-order valence-corrected chi connectivity index (χ4v) is 2.68. The van der Waals surface area contributed by atoms with Crippen LogP contribution in [0, 0.1) is 0 Å². The third-order valence-electron chi connectivity index (χ3n) is 3.53. The third-order valence-corrected chi connectivity index (χ3v) is 3.53. The summed E-state index contributed by atoms with van der Waals surface area (Å²) in [5, 5.41) is 3.60. The van der Waals surface area contributed by atoms with Crippen LogP contribution >= 0.6 is 0 Å². The summed E-state index contributed by atoms with van der Waals surface area (Å²) < 4.78 is 2.39. The fourth-order valence-electron chi connectivity index (χ4n) is 2.68. The summed E-state index contributed by atoms with van der Waals surface area (Å²) in [4.78, 5) is 0. The molecule has 0 spiro atoms. The van der Waals surface area contributed by atoms with Crippen LogP contribution in [0.1, 0.15) is 56.7 Å². The predicted octanol–water partition coefficient (Wildman–Crippen LogP) is 3.28. The van der Waals surface area contributed by atoms with Gasteiger partial charge in [0.2, 0.25) is 0 Å². The van der Waals surface area contributed by atoms with Crippen molar-refractivity contribution in [1.82, 2.24) is 9.88 Å². The Kier molecular flexibility index (Phi) is 4.05. The number of fused-ring (bicyclic) bond motifs is 1. The molecule has 1 unspecified atom stereocenters. The standard InChI is InChI=1S/C14H24N2/c1-3-5-9-16-10-12-7-6-8-14(15-4-2)13(12)11-16/h10-11,14-15H,3-9H2,1-2H3. The molecule has 1 N–H and O–H groups in total. The molecule has 0 aliphatic heterocycles. The van der Waals surface area contributed by atoms with Crippen LogP contribution in [0.25, 0.3) is 0 Å². The van der Waals surface area contributed by atoms with Gasteiger partial charge >= 0.3 is 0 Å². The summed E-state index contributed by atoms with van der Waals surface area (Å²) in [6.45, 7) is 6.71. The van der Waals surface area contributed by atoms with Crippen molar-refractivity contribution in [3.05, 3.63) is 23.5 Å². The maximum absolute atomic E-state index is 3.60. The number of unbranched alkanes of at least 4 members (excludes halogenated alkanes) is 1. The highest BCUT2D eigenvalue weighted by Crippen LogP contribution is 2.30. The first-order chi connectivity index (χ1) is 7.85. The number of nitrogens with one attached hydrogen (secondary N) is 1. The zero-order chi connectivity index (χ0) is 11.4. The number of hydrogen-bond acceptors (Lipinski definition) is 1. The first kappa shape index (κ1) is 11.7. The Hall–Kier alpha value is -0.760. The predicted molar refractivity (Wildman–Crippen MR) is 68.7 cm³/mol. The molecule has 0 radical (unpaired) electrons. The normalized spacial score (nSPS) is 19.8. The summed E-state index contributed by atoms with van der Waals surface area (Å²) in [6, 6.07) is 0.608. The quantitative estimate of drug-likeness (QED) is 0.806. The fraction of sp³-hybridized carbons (Fsp3) is 0.714. The van der Waals surface area contributed by atoms with E-state index >= 15 is 0 Å². The molecule has 0 saturated heterocycles. The van der Waals surface area contributed by atoms with Gasteiger partial charge in [-0.25, -0.2) is 0 Å². The van der Waals surface area contributed by atoms with Crippen molar-refractivity contribution in [2.24, 2.45) is 0 Å². The molecule has 2 heteroatoms. The molecular formula is C14H24N2. The lowest BCUT2D eigenvalue weighted by Gasteiger charge is -2.22. The van der Waals surface area contributed by atoms with E-state index < -0.39 is 0 Å². The van der Waals surface area contributed by atoms with Crippen LogP contribution in [0.2, 0.25) is 0 Å². The van der Waals surface area contributed by atoms with E-state index in [1.165, 1.54) is 38.6 Å². The molecule has 0 fully saturated rings. The summed E-state index contributed by atoms with van der Waals surface area (Å²) in [5.74, 6) is 0. The Morgan fingerprint density at radius 2 is 2.25 bits per heavy atom. The Morgan fingerprint density at radius 3 is 3.00 bits per heavy atom. The second-order valence-corrected chi connectivity index (χ2v) is 4.83. The molecule has 0 amide bonds. The lowest BCUT2D eigenvalue weighted by Crippen LogP contribution is -2.23. The van der Waals surface area contributed by atoms with Gasteiger partial charge in [-0.3, -0.25) is 0 Å². The Bertz CT molecular complexity index is 327. The van der Waals surface area contributed by atoms with E-state index in [2.05, 4.69) is 36.1 Å². The van der Waals surface area contributed by atoms with Crippen LogP contribution in [-0.4, -0.2) is 11.1 Å². The number of rotatable bonds is 5. The van der Waals surface area contributed by atoms with Crippen LogP contribution in [0.15, 0.2) is 12.4 Å². The minimum absolute atomic E-state index is 0.608. The summed E-state index contributed by atoms with van der Waals surface area (Å²) >= 11 is 0. The zero-order valence-corrected chi connectivity index (χ0v) is 10.6.